The minimum absolute atomic E-state index is 0.0612. The number of benzene rings is 1. The third-order valence-electron chi connectivity index (χ3n) is 3.52. The van der Waals surface area contributed by atoms with Gasteiger partial charge in [0.1, 0.15) is 17.1 Å². The molecule has 0 spiro atoms. The third kappa shape index (κ3) is 3.11. The zero-order valence-corrected chi connectivity index (χ0v) is 14.2. The molecule has 3 rings (SSSR count). The maximum Gasteiger partial charge on any atom is 0.343 e. The molecule has 134 valence electrons. The lowest BCUT2D eigenvalue weighted by Gasteiger charge is -2.05. The first-order valence-corrected chi connectivity index (χ1v) is 7.70. The van der Waals surface area contributed by atoms with Crippen molar-refractivity contribution in [3.8, 4) is 5.75 Å². The molecule has 4 N–H and O–H groups in total. The van der Waals surface area contributed by atoms with Crippen molar-refractivity contribution in [1.29, 1.82) is 0 Å². The molecule has 0 aliphatic carbocycles. The molecule has 3 aromatic rings. The molecule has 0 saturated heterocycles. The van der Waals surface area contributed by atoms with Crippen LogP contribution in [0.25, 0.3) is 5.65 Å². The Bertz CT molecular complexity index is 980. The van der Waals surface area contributed by atoms with E-state index in [1.165, 1.54) is 10.7 Å². The lowest BCUT2D eigenvalue weighted by molar-refractivity contribution is 0.0526. The Labute approximate surface area is 148 Å². The predicted octanol–water partition coefficient (Wildman–Crippen LogP) is 2.49. The van der Waals surface area contributed by atoms with Crippen LogP contribution in [0.1, 0.15) is 17.3 Å². The van der Waals surface area contributed by atoms with Gasteiger partial charge in [-0.25, -0.2) is 9.78 Å². The van der Waals surface area contributed by atoms with Crippen LogP contribution in [-0.2, 0) is 4.74 Å². The molecule has 0 bridgehead atoms. The number of anilines is 2. The number of rotatable bonds is 5. The highest BCUT2D eigenvalue weighted by Crippen LogP contribution is 2.30. The Balaban J connectivity index is 1.98. The molecule has 0 radical (unpaired) electrons. The number of hydrogen-bond donors (Lipinski definition) is 2. The summed E-state index contributed by atoms with van der Waals surface area (Å²) in [5.41, 5.74) is 13.1. The largest absolute Gasteiger partial charge is 0.497 e. The van der Waals surface area contributed by atoms with Crippen LogP contribution in [-0.4, -0.2) is 34.3 Å². The Morgan fingerprint density at radius 1 is 1.23 bits per heavy atom. The van der Waals surface area contributed by atoms with Crippen LogP contribution in [0.5, 0.6) is 5.75 Å². The molecule has 0 atom stereocenters. The molecule has 2 aromatic heterocycles. The van der Waals surface area contributed by atoms with Gasteiger partial charge >= 0.3 is 5.97 Å². The number of carbonyl (C=O) groups excluding carboxylic acids is 1. The van der Waals surface area contributed by atoms with Crippen LogP contribution >= 0.6 is 0 Å². The minimum Gasteiger partial charge on any atom is -0.497 e. The topological polar surface area (TPSA) is 142 Å². The molecule has 2 heterocycles. The average molecular weight is 355 g/mol. The SMILES string of the molecule is CCOC(=O)c1cnc2c(N=Nc3ccc(OC)cc3)c(N)nn2c1N. The van der Waals surface area contributed by atoms with Crippen molar-refractivity contribution in [2.45, 2.75) is 6.92 Å². The summed E-state index contributed by atoms with van der Waals surface area (Å²) >= 11 is 0. The van der Waals surface area contributed by atoms with Crippen molar-refractivity contribution in [3.63, 3.8) is 0 Å². The zero-order chi connectivity index (χ0) is 18.7. The normalized spacial score (nSPS) is 11.2. The van der Waals surface area contributed by atoms with Crippen molar-refractivity contribution in [2.75, 3.05) is 25.2 Å². The van der Waals surface area contributed by atoms with E-state index in [9.17, 15) is 4.79 Å². The quantitative estimate of drug-likeness (QED) is 0.528. The number of hydrogen-bond acceptors (Lipinski definition) is 9. The Kier molecular flexibility index (Phi) is 4.65. The van der Waals surface area contributed by atoms with Crippen molar-refractivity contribution < 1.29 is 14.3 Å². The second kappa shape index (κ2) is 7.05. The molecule has 0 aliphatic rings. The standard InChI is InChI=1S/C16H17N7O3/c1-3-26-16(24)11-8-19-15-12(13(17)22-23(15)14(11)18)21-20-9-4-6-10(25-2)7-5-9/h4-8H,3,18H2,1-2H3,(H2,17,22). The van der Waals surface area contributed by atoms with Crippen LogP contribution in [0.15, 0.2) is 40.7 Å². The number of nitrogen functional groups attached to an aromatic ring is 2. The maximum absolute atomic E-state index is 11.9. The monoisotopic (exact) mass is 355 g/mol. The van der Waals surface area contributed by atoms with Gasteiger partial charge in [0.05, 0.1) is 19.4 Å². The van der Waals surface area contributed by atoms with Gasteiger partial charge in [-0.05, 0) is 31.2 Å². The summed E-state index contributed by atoms with van der Waals surface area (Å²) < 4.78 is 11.3. The average Bonchev–Trinajstić information content (AvgIpc) is 2.97. The molecule has 26 heavy (non-hydrogen) atoms. The van der Waals surface area contributed by atoms with Crippen molar-refractivity contribution in [2.24, 2.45) is 10.2 Å². The van der Waals surface area contributed by atoms with Gasteiger partial charge in [0.2, 0.25) is 0 Å². The van der Waals surface area contributed by atoms with Gasteiger partial charge in [-0.2, -0.15) is 9.63 Å². The third-order valence-corrected chi connectivity index (χ3v) is 3.52. The molecule has 0 unspecified atom stereocenters. The zero-order valence-electron chi connectivity index (χ0n) is 14.2. The van der Waals surface area contributed by atoms with E-state index in [-0.39, 0.29) is 35.1 Å². The summed E-state index contributed by atoms with van der Waals surface area (Å²) in [4.78, 5) is 16.1. The summed E-state index contributed by atoms with van der Waals surface area (Å²) in [7, 11) is 1.58. The second-order valence-corrected chi connectivity index (χ2v) is 5.14. The molecule has 0 aliphatic heterocycles. The number of ether oxygens (including phenoxy) is 2. The van der Waals surface area contributed by atoms with Crippen LogP contribution < -0.4 is 16.2 Å². The van der Waals surface area contributed by atoms with E-state index in [0.717, 1.165) is 0 Å². The fourth-order valence-corrected chi connectivity index (χ4v) is 2.23. The number of azo groups is 1. The van der Waals surface area contributed by atoms with E-state index in [4.69, 9.17) is 20.9 Å². The lowest BCUT2D eigenvalue weighted by Crippen LogP contribution is -2.12. The first kappa shape index (κ1) is 17.1. The van der Waals surface area contributed by atoms with Crippen LogP contribution in [0.3, 0.4) is 0 Å². The summed E-state index contributed by atoms with van der Waals surface area (Å²) in [5, 5.41) is 12.3. The number of fused-ring (bicyclic) bond motifs is 1. The van der Waals surface area contributed by atoms with E-state index in [0.29, 0.717) is 11.4 Å². The predicted molar refractivity (Wildman–Crippen MR) is 94.9 cm³/mol. The van der Waals surface area contributed by atoms with E-state index < -0.39 is 5.97 Å². The Hall–Kier alpha value is -3.69. The molecule has 0 saturated carbocycles. The fourth-order valence-electron chi connectivity index (χ4n) is 2.23. The number of nitrogens with two attached hydrogens (primary N) is 2. The van der Waals surface area contributed by atoms with E-state index in [2.05, 4.69) is 20.3 Å². The summed E-state index contributed by atoms with van der Waals surface area (Å²) in [6.07, 6.45) is 1.30. The molecule has 0 fully saturated rings. The van der Waals surface area contributed by atoms with Gasteiger partial charge in [0.15, 0.2) is 17.2 Å². The first-order valence-electron chi connectivity index (χ1n) is 7.70. The number of nitrogens with zero attached hydrogens (tertiary/aromatic N) is 5. The highest BCUT2D eigenvalue weighted by molar-refractivity contribution is 5.95. The van der Waals surface area contributed by atoms with Gasteiger partial charge in [0.25, 0.3) is 0 Å². The van der Waals surface area contributed by atoms with Crippen molar-refractivity contribution >= 4 is 34.6 Å². The number of carbonyl (C=O) groups is 1. The summed E-state index contributed by atoms with van der Waals surface area (Å²) in [5.74, 6) is 0.267. The molecule has 1 aromatic carbocycles. The van der Waals surface area contributed by atoms with Crippen LogP contribution in [0.4, 0.5) is 23.0 Å². The second-order valence-electron chi connectivity index (χ2n) is 5.14. The fraction of sp³-hybridized carbons (Fsp3) is 0.188. The highest BCUT2D eigenvalue weighted by Gasteiger charge is 2.19. The van der Waals surface area contributed by atoms with Crippen LogP contribution in [0, 0.1) is 0 Å². The Morgan fingerprint density at radius 3 is 2.62 bits per heavy atom. The van der Waals surface area contributed by atoms with Crippen molar-refractivity contribution in [1.82, 2.24) is 14.6 Å². The van der Waals surface area contributed by atoms with Gasteiger partial charge in [-0.1, -0.05) is 0 Å². The summed E-state index contributed by atoms with van der Waals surface area (Å²) in [6.45, 7) is 1.92. The number of aromatic nitrogens is 3. The van der Waals surface area contributed by atoms with Crippen LogP contribution in [0.2, 0.25) is 0 Å². The first-order chi connectivity index (χ1) is 12.5. The van der Waals surface area contributed by atoms with E-state index >= 15 is 0 Å². The van der Waals surface area contributed by atoms with Gasteiger partial charge in [-0.3, -0.25) is 0 Å². The minimum atomic E-state index is -0.588. The van der Waals surface area contributed by atoms with Crippen molar-refractivity contribution in [3.05, 3.63) is 36.0 Å². The molecular formula is C16H17N7O3. The lowest BCUT2D eigenvalue weighted by atomic mass is 10.3. The smallest absolute Gasteiger partial charge is 0.343 e. The molecule has 10 nitrogen and oxygen atoms in total. The van der Waals surface area contributed by atoms with Gasteiger partial charge in [-0.15, -0.1) is 10.2 Å². The number of methoxy groups -OCH3 is 1. The summed E-state index contributed by atoms with van der Waals surface area (Å²) in [6, 6.07) is 7.00. The molecule has 10 heteroatoms. The number of esters is 1. The highest BCUT2D eigenvalue weighted by atomic mass is 16.5. The van der Waals surface area contributed by atoms with Gasteiger partial charge < -0.3 is 20.9 Å². The van der Waals surface area contributed by atoms with E-state index in [1.807, 2.05) is 0 Å². The van der Waals surface area contributed by atoms with E-state index in [1.54, 1.807) is 38.3 Å². The Morgan fingerprint density at radius 2 is 1.96 bits per heavy atom. The molecular weight excluding hydrogens is 338 g/mol. The van der Waals surface area contributed by atoms with Gasteiger partial charge in [0, 0.05) is 6.20 Å². The maximum atomic E-state index is 11.9. The molecule has 0 amide bonds.